The van der Waals surface area contributed by atoms with Gasteiger partial charge in [0.05, 0.1) is 6.61 Å². The van der Waals surface area contributed by atoms with Crippen molar-refractivity contribution in [2.24, 2.45) is 0 Å². The zero-order valence-electron chi connectivity index (χ0n) is 17.2. The molecule has 4 heteroatoms. The molecule has 4 rings (SSSR count). The minimum Gasteiger partial charge on any atom is -0.494 e. The molecule has 152 valence electrons. The Hall–Kier alpha value is -2.43. The summed E-state index contributed by atoms with van der Waals surface area (Å²) in [7, 11) is 0. The van der Waals surface area contributed by atoms with Gasteiger partial charge in [0, 0.05) is 45.2 Å². The Morgan fingerprint density at radius 2 is 1.69 bits per heavy atom. The molecule has 2 aromatic rings. The van der Waals surface area contributed by atoms with E-state index in [1.165, 1.54) is 5.56 Å². The van der Waals surface area contributed by atoms with E-state index in [2.05, 4.69) is 59.2 Å². The van der Waals surface area contributed by atoms with Crippen LogP contribution in [-0.4, -0.2) is 54.4 Å². The molecular formula is C25H30N2O2. The molecule has 0 radical (unpaired) electrons. The summed E-state index contributed by atoms with van der Waals surface area (Å²) in [5.41, 5.74) is 3.66. The van der Waals surface area contributed by atoms with Crippen LogP contribution in [0, 0.1) is 0 Å². The predicted molar refractivity (Wildman–Crippen MR) is 117 cm³/mol. The standard InChI is InChI=1S/C25H30N2O2/c1-2-16-29-23-10-8-21(9-11-23)24-17-22(28)18-25(24)27-14-12-26(13-15-27)19-20-6-4-3-5-7-20/h3-11,17,25H,2,12-16,18-19H2,1H3. The van der Waals surface area contributed by atoms with E-state index >= 15 is 0 Å². The third-order valence-corrected chi connectivity index (χ3v) is 5.83. The number of ketones is 1. The van der Waals surface area contributed by atoms with Crippen LogP contribution in [0.2, 0.25) is 0 Å². The van der Waals surface area contributed by atoms with Gasteiger partial charge in [0.15, 0.2) is 5.78 Å². The number of nitrogens with zero attached hydrogens (tertiary/aromatic N) is 2. The van der Waals surface area contributed by atoms with Crippen molar-refractivity contribution in [1.82, 2.24) is 9.80 Å². The van der Waals surface area contributed by atoms with Crippen LogP contribution in [0.1, 0.15) is 30.9 Å². The van der Waals surface area contributed by atoms with E-state index in [0.717, 1.165) is 62.6 Å². The van der Waals surface area contributed by atoms with Crippen LogP contribution in [0.4, 0.5) is 0 Å². The fraction of sp³-hybridized carbons (Fsp3) is 0.400. The van der Waals surface area contributed by atoms with Crippen LogP contribution in [0.15, 0.2) is 60.7 Å². The van der Waals surface area contributed by atoms with Crippen molar-refractivity contribution in [2.45, 2.75) is 32.4 Å². The van der Waals surface area contributed by atoms with Crippen molar-refractivity contribution in [3.63, 3.8) is 0 Å². The number of hydrogen-bond acceptors (Lipinski definition) is 4. The zero-order valence-corrected chi connectivity index (χ0v) is 17.2. The van der Waals surface area contributed by atoms with Crippen LogP contribution < -0.4 is 4.74 Å². The molecule has 1 heterocycles. The number of hydrogen-bond donors (Lipinski definition) is 0. The molecule has 2 aliphatic rings. The number of benzene rings is 2. The number of ether oxygens (including phenoxy) is 1. The Morgan fingerprint density at radius 3 is 2.38 bits per heavy atom. The number of allylic oxidation sites excluding steroid dienone is 1. The third-order valence-electron chi connectivity index (χ3n) is 5.83. The van der Waals surface area contributed by atoms with E-state index in [0.29, 0.717) is 6.42 Å². The largest absolute Gasteiger partial charge is 0.494 e. The lowest BCUT2D eigenvalue weighted by Crippen LogP contribution is -2.49. The maximum atomic E-state index is 12.3. The van der Waals surface area contributed by atoms with Crippen molar-refractivity contribution >= 4 is 11.4 Å². The van der Waals surface area contributed by atoms with Gasteiger partial charge in [0.1, 0.15) is 5.75 Å². The highest BCUT2D eigenvalue weighted by Crippen LogP contribution is 2.32. The van der Waals surface area contributed by atoms with Crippen molar-refractivity contribution in [3.8, 4) is 5.75 Å². The smallest absolute Gasteiger partial charge is 0.157 e. The quantitative estimate of drug-likeness (QED) is 0.715. The summed E-state index contributed by atoms with van der Waals surface area (Å²) in [6, 6.07) is 19.1. The lowest BCUT2D eigenvalue weighted by atomic mass is 9.99. The summed E-state index contributed by atoms with van der Waals surface area (Å²) in [5, 5.41) is 0. The van der Waals surface area contributed by atoms with Gasteiger partial charge in [-0.05, 0) is 41.3 Å². The summed E-state index contributed by atoms with van der Waals surface area (Å²) < 4.78 is 5.70. The molecule has 1 unspecified atom stereocenters. The number of rotatable bonds is 7. The second kappa shape index (κ2) is 9.38. The monoisotopic (exact) mass is 390 g/mol. The van der Waals surface area contributed by atoms with Gasteiger partial charge >= 0.3 is 0 Å². The average molecular weight is 391 g/mol. The van der Waals surface area contributed by atoms with E-state index in [1.54, 1.807) is 0 Å². The Morgan fingerprint density at radius 1 is 0.966 bits per heavy atom. The van der Waals surface area contributed by atoms with Gasteiger partial charge in [-0.1, -0.05) is 49.4 Å². The highest BCUT2D eigenvalue weighted by atomic mass is 16.5. The highest BCUT2D eigenvalue weighted by molar-refractivity contribution is 6.03. The molecule has 2 aromatic carbocycles. The first-order valence-corrected chi connectivity index (χ1v) is 10.7. The molecule has 0 aromatic heterocycles. The summed E-state index contributed by atoms with van der Waals surface area (Å²) in [6.45, 7) is 7.91. The molecule has 29 heavy (non-hydrogen) atoms. The highest BCUT2D eigenvalue weighted by Gasteiger charge is 2.32. The Balaban J connectivity index is 1.38. The lowest BCUT2D eigenvalue weighted by Gasteiger charge is -2.38. The third kappa shape index (κ3) is 4.95. The van der Waals surface area contributed by atoms with Crippen LogP contribution in [0.3, 0.4) is 0 Å². The fourth-order valence-electron chi connectivity index (χ4n) is 4.27. The van der Waals surface area contributed by atoms with Crippen LogP contribution in [-0.2, 0) is 11.3 Å². The molecule has 4 nitrogen and oxygen atoms in total. The SMILES string of the molecule is CCCOc1ccc(C2=CC(=O)CC2N2CCN(Cc3ccccc3)CC2)cc1. The fourth-order valence-corrected chi connectivity index (χ4v) is 4.27. The molecule has 1 atom stereocenters. The van der Waals surface area contributed by atoms with Crippen molar-refractivity contribution in [3.05, 3.63) is 71.8 Å². The first-order valence-electron chi connectivity index (χ1n) is 10.7. The van der Waals surface area contributed by atoms with E-state index in [4.69, 9.17) is 4.74 Å². The number of piperazine rings is 1. The van der Waals surface area contributed by atoms with Crippen molar-refractivity contribution in [1.29, 1.82) is 0 Å². The molecule has 0 N–H and O–H groups in total. The van der Waals surface area contributed by atoms with Gasteiger partial charge in [-0.2, -0.15) is 0 Å². The lowest BCUT2D eigenvalue weighted by molar-refractivity contribution is -0.114. The van der Waals surface area contributed by atoms with Gasteiger partial charge in [0.25, 0.3) is 0 Å². The molecule has 0 spiro atoms. The number of carbonyl (C=O) groups is 1. The maximum Gasteiger partial charge on any atom is 0.157 e. The van der Waals surface area contributed by atoms with E-state index in [-0.39, 0.29) is 11.8 Å². The van der Waals surface area contributed by atoms with Crippen LogP contribution in [0.25, 0.3) is 5.57 Å². The van der Waals surface area contributed by atoms with Crippen LogP contribution in [0.5, 0.6) is 5.75 Å². The van der Waals surface area contributed by atoms with E-state index < -0.39 is 0 Å². The average Bonchev–Trinajstić information content (AvgIpc) is 3.15. The molecule has 0 amide bonds. The van der Waals surface area contributed by atoms with Crippen molar-refractivity contribution in [2.75, 3.05) is 32.8 Å². The Kier molecular flexibility index (Phi) is 6.43. The topological polar surface area (TPSA) is 32.8 Å². The molecule has 1 aliphatic carbocycles. The molecular weight excluding hydrogens is 360 g/mol. The zero-order chi connectivity index (χ0) is 20.1. The predicted octanol–water partition coefficient (Wildman–Crippen LogP) is 4.02. The minimum atomic E-state index is 0.198. The first-order chi connectivity index (χ1) is 14.2. The maximum absolute atomic E-state index is 12.3. The molecule has 1 aliphatic heterocycles. The van der Waals surface area contributed by atoms with Gasteiger partial charge in [-0.15, -0.1) is 0 Å². The normalized spacial score (nSPS) is 20.7. The van der Waals surface area contributed by atoms with Crippen molar-refractivity contribution < 1.29 is 9.53 Å². The Labute approximate surface area is 173 Å². The molecule has 1 saturated heterocycles. The Bertz CT molecular complexity index is 837. The van der Waals surface area contributed by atoms with E-state index in [1.807, 2.05) is 18.2 Å². The van der Waals surface area contributed by atoms with Crippen LogP contribution >= 0.6 is 0 Å². The van der Waals surface area contributed by atoms with Gasteiger partial charge in [0.2, 0.25) is 0 Å². The number of carbonyl (C=O) groups excluding carboxylic acids is 1. The molecule has 1 fully saturated rings. The second-order valence-corrected chi connectivity index (χ2v) is 7.96. The van der Waals surface area contributed by atoms with E-state index in [9.17, 15) is 4.79 Å². The van der Waals surface area contributed by atoms with Gasteiger partial charge in [-0.3, -0.25) is 14.6 Å². The molecule has 0 bridgehead atoms. The first kappa shape index (κ1) is 19.9. The molecule has 0 saturated carbocycles. The van der Waals surface area contributed by atoms with Gasteiger partial charge in [-0.25, -0.2) is 0 Å². The summed E-state index contributed by atoms with van der Waals surface area (Å²) >= 11 is 0. The summed E-state index contributed by atoms with van der Waals surface area (Å²) in [5.74, 6) is 1.13. The summed E-state index contributed by atoms with van der Waals surface area (Å²) in [4.78, 5) is 17.2. The van der Waals surface area contributed by atoms with Gasteiger partial charge < -0.3 is 4.74 Å². The summed E-state index contributed by atoms with van der Waals surface area (Å²) in [6.07, 6.45) is 3.45. The minimum absolute atomic E-state index is 0.198. The second-order valence-electron chi connectivity index (χ2n) is 7.96.